The third-order valence-electron chi connectivity index (χ3n) is 2.10. The van der Waals surface area contributed by atoms with Crippen molar-refractivity contribution in [2.75, 3.05) is 0 Å². The number of hydrogen-bond donors (Lipinski definition) is 2. The van der Waals surface area contributed by atoms with Crippen LogP contribution in [-0.2, 0) is 0 Å². The molecule has 0 aromatic carbocycles. The van der Waals surface area contributed by atoms with Gasteiger partial charge < -0.3 is 0 Å². The molecule has 0 aliphatic rings. The highest BCUT2D eigenvalue weighted by atomic mass is 15.2. The van der Waals surface area contributed by atoms with E-state index in [0.29, 0.717) is 17.9 Å². The van der Waals surface area contributed by atoms with Gasteiger partial charge in [0.25, 0.3) is 0 Å². The van der Waals surface area contributed by atoms with Crippen molar-refractivity contribution in [2.45, 2.75) is 33.7 Å². The van der Waals surface area contributed by atoms with Gasteiger partial charge in [0, 0.05) is 6.04 Å². The van der Waals surface area contributed by atoms with E-state index >= 15 is 0 Å². The Morgan fingerprint density at radius 1 is 1.11 bits per heavy atom. The highest BCUT2D eigenvalue weighted by molar-refractivity contribution is 4.67. The lowest BCUT2D eigenvalue weighted by molar-refractivity contribution is 0.318. The molecule has 0 aliphatic heterocycles. The van der Waals surface area contributed by atoms with Gasteiger partial charge in [-0.2, -0.15) is 0 Å². The zero-order chi connectivity index (χ0) is 7.44. The quantitative estimate of drug-likeness (QED) is 0.444. The van der Waals surface area contributed by atoms with Crippen molar-refractivity contribution in [1.82, 2.24) is 5.43 Å². The second-order valence-corrected chi connectivity index (χ2v) is 3.06. The number of rotatable bonds is 3. The summed E-state index contributed by atoms with van der Waals surface area (Å²) in [5.74, 6) is 6.61. The maximum atomic E-state index is 5.26. The summed E-state index contributed by atoms with van der Waals surface area (Å²) in [6.07, 6.45) is 0. The van der Waals surface area contributed by atoms with Crippen LogP contribution in [0.25, 0.3) is 0 Å². The lowest BCUT2D eigenvalue weighted by atomic mass is 9.92. The molecule has 0 fully saturated rings. The first-order chi connectivity index (χ1) is 4.09. The van der Waals surface area contributed by atoms with E-state index in [4.69, 9.17) is 5.84 Å². The Bertz CT molecular complexity index is 71.3. The minimum absolute atomic E-state index is 0.421. The highest BCUT2D eigenvalue weighted by Gasteiger charge is 2.12. The number of hydrazine groups is 1. The molecule has 0 saturated carbocycles. The standard InChI is InChI=1S/C7H18N2/c1-5(2)6(3)7(4)9-8/h5-7,9H,8H2,1-4H3. The summed E-state index contributed by atoms with van der Waals surface area (Å²) in [5, 5.41) is 0. The molecule has 2 heteroatoms. The van der Waals surface area contributed by atoms with E-state index < -0.39 is 0 Å². The van der Waals surface area contributed by atoms with Crippen LogP contribution < -0.4 is 11.3 Å². The van der Waals surface area contributed by atoms with Crippen LogP contribution in [0.5, 0.6) is 0 Å². The molecule has 0 spiro atoms. The van der Waals surface area contributed by atoms with Gasteiger partial charge in [0.15, 0.2) is 0 Å². The molecule has 0 heterocycles. The van der Waals surface area contributed by atoms with Gasteiger partial charge >= 0.3 is 0 Å². The summed E-state index contributed by atoms with van der Waals surface area (Å²) in [6, 6.07) is 0.421. The zero-order valence-corrected chi connectivity index (χ0v) is 6.81. The van der Waals surface area contributed by atoms with E-state index in [1.54, 1.807) is 0 Å². The third-order valence-corrected chi connectivity index (χ3v) is 2.10. The summed E-state index contributed by atoms with van der Waals surface area (Å²) in [5.41, 5.74) is 2.75. The van der Waals surface area contributed by atoms with Crippen LogP contribution in [0.3, 0.4) is 0 Å². The second-order valence-electron chi connectivity index (χ2n) is 3.06. The Kier molecular flexibility index (Phi) is 3.82. The fraction of sp³-hybridized carbons (Fsp3) is 1.00. The Labute approximate surface area is 57.8 Å². The molecule has 0 aromatic rings. The van der Waals surface area contributed by atoms with Gasteiger partial charge in [0.05, 0.1) is 0 Å². The largest absolute Gasteiger partial charge is 0.271 e. The number of nitrogens with one attached hydrogen (secondary N) is 1. The van der Waals surface area contributed by atoms with Gasteiger partial charge in [-0.15, -0.1) is 0 Å². The topological polar surface area (TPSA) is 38.0 Å². The van der Waals surface area contributed by atoms with Gasteiger partial charge in [0.1, 0.15) is 0 Å². The van der Waals surface area contributed by atoms with Crippen molar-refractivity contribution in [3.05, 3.63) is 0 Å². The molecule has 0 radical (unpaired) electrons. The molecule has 9 heavy (non-hydrogen) atoms. The predicted molar refractivity (Wildman–Crippen MR) is 40.8 cm³/mol. The van der Waals surface area contributed by atoms with Crippen LogP contribution in [0.2, 0.25) is 0 Å². The van der Waals surface area contributed by atoms with Crippen LogP contribution in [0, 0.1) is 11.8 Å². The van der Waals surface area contributed by atoms with Gasteiger partial charge in [-0.1, -0.05) is 20.8 Å². The molecule has 3 N–H and O–H groups in total. The lowest BCUT2D eigenvalue weighted by Gasteiger charge is -2.21. The molecule has 2 unspecified atom stereocenters. The van der Waals surface area contributed by atoms with Crippen molar-refractivity contribution in [1.29, 1.82) is 0 Å². The number of nitrogens with two attached hydrogens (primary N) is 1. The van der Waals surface area contributed by atoms with Crippen molar-refractivity contribution >= 4 is 0 Å². The summed E-state index contributed by atoms with van der Waals surface area (Å²) in [7, 11) is 0. The average molecular weight is 130 g/mol. The van der Waals surface area contributed by atoms with Crippen LogP contribution in [0.1, 0.15) is 27.7 Å². The van der Waals surface area contributed by atoms with Gasteiger partial charge in [-0.3, -0.25) is 11.3 Å². The Morgan fingerprint density at radius 3 is 1.67 bits per heavy atom. The van der Waals surface area contributed by atoms with Crippen LogP contribution in [0.15, 0.2) is 0 Å². The fourth-order valence-electron chi connectivity index (χ4n) is 0.729. The van der Waals surface area contributed by atoms with E-state index in [1.165, 1.54) is 0 Å². The lowest BCUT2D eigenvalue weighted by Crippen LogP contribution is -2.39. The maximum Gasteiger partial charge on any atom is 0.0210 e. The van der Waals surface area contributed by atoms with Crippen molar-refractivity contribution < 1.29 is 0 Å². The SMILES string of the molecule is CC(C)C(C)C(C)NN. The van der Waals surface area contributed by atoms with E-state index in [-0.39, 0.29) is 0 Å². The van der Waals surface area contributed by atoms with Crippen molar-refractivity contribution in [3.8, 4) is 0 Å². The molecular formula is C7H18N2. The molecule has 0 aromatic heterocycles. The smallest absolute Gasteiger partial charge is 0.0210 e. The molecule has 0 aliphatic carbocycles. The van der Waals surface area contributed by atoms with Gasteiger partial charge in [-0.05, 0) is 18.8 Å². The first kappa shape index (κ1) is 8.92. The Balaban J connectivity index is 3.58. The first-order valence-electron chi connectivity index (χ1n) is 3.55. The summed E-state index contributed by atoms with van der Waals surface area (Å²) >= 11 is 0. The maximum absolute atomic E-state index is 5.26. The fourth-order valence-corrected chi connectivity index (χ4v) is 0.729. The minimum Gasteiger partial charge on any atom is -0.271 e. The minimum atomic E-state index is 0.421. The molecule has 2 nitrogen and oxygen atoms in total. The molecule has 2 atom stereocenters. The molecule has 0 rings (SSSR count). The molecule has 56 valence electrons. The van der Waals surface area contributed by atoms with E-state index in [1.807, 2.05) is 0 Å². The van der Waals surface area contributed by atoms with E-state index in [0.717, 1.165) is 0 Å². The Hall–Kier alpha value is -0.0800. The normalized spacial score (nSPS) is 18.0. The van der Waals surface area contributed by atoms with Crippen molar-refractivity contribution in [3.63, 3.8) is 0 Å². The number of hydrogen-bond acceptors (Lipinski definition) is 2. The van der Waals surface area contributed by atoms with E-state index in [9.17, 15) is 0 Å². The summed E-state index contributed by atoms with van der Waals surface area (Å²) < 4.78 is 0. The van der Waals surface area contributed by atoms with Crippen LogP contribution in [-0.4, -0.2) is 6.04 Å². The monoisotopic (exact) mass is 130 g/mol. The van der Waals surface area contributed by atoms with E-state index in [2.05, 4.69) is 33.1 Å². The summed E-state index contributed by atoms with van der Waals surface area (Å²) in [4.78, 5) is 0. The predicted octanol–water partition coefficient (Wildman–Crippen LogP) is 1.13. The van der Waals surface area contributed by atoms with Gasteiger partial charge in [0.2, 0.25) is 0 Å². The third kappa shape index (κ3) is 2.82. The summed E-state index contributed by atoms with van der Waals surface area (Å²) in [6.45, 7) is 8.72. The molecule has 0 bridgehead atoms. The highest BCUT2D eigenvalue weighted by Crippen LogP contribution is 2.12. The zero-order valence-electron chi connectivity index (χ0n) is 6.81. The average Bonchev–Trinajstić information content (AvgIpc) is 1.84. The van der Waals surface area contributed by atoms with Crippen molar-refractivity contribution in [2.24, 2.45) is 17.7 Å². The molecular weight excluding hydrogens is 112 g/mol. The van der Waals surface area contributed by atoms with Gasteiger partial charge in [-0.25, -0.2) is 0 Å². The first-order valence-corrected chi connectivity index (χ1v) is 3.55. The molecule has 0 amide bonds. The molecule has 0 saturated heterocycles. The Morgan fingerprint density at radius 2 is 1.56 bits per heavy atom. The second kappa shape index (κ2) is 3.85. The van der Waals surface area contributed by atoms with Crippen LogP contribution in [0.4, 0.5) is 0 Å². The van der Waals surface area contributed by atoms with Crippen LogP contribution >= 0.6 is 0 Å².